The second-order valence-electron chi connectivity index (χ2n) is 5.41. The molecular weight excluding hydrogens is 425 g/mol. The Morgan fingerprint density at radius 3 is 3.00 bits per heavy atom. The molecule has 0 radical (unpaired) electrons. The first-order chi connectivity index (χ1) is 10.7. The number of nitrogens with zero attached hydrogens (tertiary/aromatic N) is 5. The fourth-order valence-corrected chi connectivity index (χ4v) is 3.52. The van der Waals surface area contributed by atoms with Gasteiger partial charge in [0.1, 0.15) is 12.2 Å². The normalized spacial score (nSPS) is 17.3. The van der Waals surface area contributed by atoms with Crippen LogP contribution in [0.15, 0.2) is 11.3 Å². The van der Waals surface area contributed by atoms with Gasteiger partial charge in [-0.2, -0.15) is 5.10 Å². The highest BCUT2D eigenvalue weighted by molar-refractivity contribution is 14.0. The summed E-state index contributed by atoms with van der Waals surface area (Å²) in [5.74, 6) is 1.88. The van der Waals surface area contributed by atoms with Crippen molar-refractivity contribution in [1.29, 1.82) is 0 Å². The fourth-order valence-electron chi connectivity index (χ4n) is 2.64. The minimum atomic E-state index is 0. The Hall–Kier alpha value is -1.23. The first kappa shape index (κ1) is 18.1. The topological polar surface area (TPSA) is 80.0 Å². The molecule has 1 atom stereocenters. The lowest BCUT2D eigenvalue weighted by atomic mass is 10.1. The Bertz CT molecular complexity index is 678. The van der Waals surface area contributed by atoms with E-state index >= 15 is 0 Å². The monoisotopic (exact) mass is 447 g/mol. The molecule has 126 valence electrons. The van der Waals surface area contributed by atoms with Crippen molar-refractivity contribution < 1.29 is 0 Å². The zero-order valence-corrected chi connectivity index (χ0v) is 16.7. The number of aromatic nitrogens is 4. The number of nitrogens with one attached hydrogen (secondary N) is 2. The van der Waals surface area contributed by atoms with E-state index in [2.05, 4.69) is 30.7 Å². The van der Waals surface area contributed by atoms with Gasteiger partial charge in [-0.25, -0.2) is 14.6 Å². The fraction of sp³-hybridized carbons (Fsp3) is 0.571. The number of aryl methyl sites for hydroxylation is 3. The molecule has 0 fully saturated rings. The van der Waals surface area contributed by atoms with Crippen LogP contribution >= 0.6 is 35.3 Å². The molecule has 0 bridgehead atoms. The number of hydrogen-bond acceptors (Lipinski definition) is 5. The average Bonchev–Trinajstić information content (AvgIpc) is 3.09. The van der Waals surface area contributed by atoms with Crippen LogP contribution in [-0.2, 0) is 19.5 Å². The second kappa shape index (κ2) is 8.04. The number of aliphatic imine (C=N–C) groups is 1. The minimum absolute atomic E-state index is 0. The molecule has 23 heavy (non-hydrogen) atoms. The summed E-state index contributed by atoms with van der Waals surface area (Å²) in [7, 11) is 1.80. The molecule has 2 aromatic heterocycles. The predicted octanol–water partition coefficient (Wildman–Crippen LogP) is 1.65. The van der Waals surface area contributed by atoms with Gasteiger partial charge < -0.3 is 10.6 Å². The lowest BCUT2D eigenvalue weighted by Crippen LogP contribution is -2.46. The molecule has 3 rings (SSSR count). The van der Waals surface area contributed by atoms with E-state index in [1.54, 1.807) is 24.7 Å². The molecular formula is C14H22IN7S. The van der Waals surface area contributed by atoms with Crippen molar-refractivity contribution >= 4 is 41.3 Å². The number of guanidine groups is 1. The summed E-state index contributed by atoms with van der Waals surface area (Å²) >= 11 is 1.73. The van der Waals surface area contributed by atoms with Crippen molar-refractivity contribution in [3.05, 3.63) is 27.7 Å². The Balaban J connectivity index is 0.00000192. The third-order valence-electron chi connectivity index (χ3n) is 3.79. The van der Waals surface area contributed by atoms with Crippen molar-refractivity contribution in [2.75, 3.05) is 7.05 Å². The van der Waals surface area contributed by atoms with E-state index in [0.29, 0.717) is 6.04 Å². The molecule has 9 heteroatoms. The molecule has 0 aliphatic carbocycles. The lowest BCUT2D eigenvalue weighted by molar-refractivity contribution is 0.393. The van der Waals surface area contributed by atoms with E-state index in [4.69, 9.17) is 0 Å². The van der Waals surface area contributed by atoms with Crippen LogP contribution < -0.4 is 10.6 Å². The number of hydrogen-bond donors (Lipinski definition) is 2. The highest BCUT2D eigenvalue weighted by Crippen LogP contribution is 2.16. The first-order valence-corrected chi connectivity index (χ1v) is 8.24. The van der Waals surface area contributed by atoms with Gasteiger partial charge in [-0.3, -0.25) is 4.99 Å². The number of fused-ring (bicyclic) bond motifs is 1. The van der Waals surface area contributed by atoms with E-state index in [9.17, 15) is 0 Å². The maximum absolute atomic E-state index is 4.45. The van der Waals surface area contributed by atoms with Crippen LogP contribution in [0.25, 0.3) is 0 Å². The molecule has 2 N–H and O–H groups in total. The Morgan fingerprint density at radius 2 is 2.30 bits per heavy atom. The molecule has 0 amide bonds. The molecule has 7 nitrogen and oxygen atoms in total. The molecule has 0 spiro atoms. The molecule has 1 aliphatic heterocycles. The molecule has 0 saturated carbocycles. The Kier molecular flexibility index (Phi) is 6.33. The Morgan fingerprint density at radius 1 is 1.48 bits per heavy atom. The van der Waals surface area contributed by atoms with E-state index in [0.717, 1.165) is 48.4 Å². The number of rotatable bonds is 3. The summed E-state index contributed by atoms with van der Waals surface area (Å²) in [5.41, 5.74) is 1.09. The van der Waals surface area contributed by atoms with Crippen molar-refractivity contribution in [2.45, 2.75) is 45.8 Å². The third kappa shape index (κ3) is 4.40. The van der Waals surface area contributed by atoms with Crippen LogP contribution in [0.1, 0.15) is 27.8 Å². The summed E-state index contributed by atoms with van der Waals surface area (Å²) in [4.78, 5) is 14.3. The number of halogens is 1. The van der Waals surface area contributed by atoms with Crippen molar-refractivity contribution in [3.63, 3.8) is 0 Å². The quantitative estimate of drug-likeness (QED) is 0.425. The lowest BCUT2D eigenvalue weighted by Gasteiger charge is -2.25. The number of thiazole rings is 1. The second-order valence-corrected chi connectivity index (χ2v) is 6.69. The zero-order valence-electron chi connectivity index (χ0n) is 13.5. The average molecular weight is 447 g/mol. The van der Waals surface area contributed by atoms with Crippen LogP contribution in [0.4, 0.5) is 0 Å². The van der Waals surface area contributed by atoms with Crippen LogP contribution in [0.2, 0.25) is 0 Å². The minimum Gasteiger partial charge on any atom is -0.352 e. The van der Waals surface area contributed by atoms with Gasteiger partial charge >= 0.3 is 0 Å². The van der Waals surface area contributed by atoms with Gasteiger partial charge in [-0.05, 0) is 20.3 Å². The SMILES string of the molecule is CN=C(NCc1sc(C)nc1C)NC1CCc2ncnn2C1.I. The van der Waals surface area contributed by atoms with Gasteiger partial charge in [0.05, 0.1) is 23.8 Å². The van der Waals surface area contributed by atoms with Gasteiger partial charge in [0.2, 0.25) is 0 Å². The van der Waals surface area contributed by atoms with E-state index in [-0.39, 0.29) is 24.0 Å². The predicted molar refractivity (Wildman–Crippen MR) is 102 cm³/mol. The van der Waals surface area contributed by atoms with Gasteiger partial charge in [0.25, 0.3) is 0 Å². The smallest absolute Gasteiger partial charge is 0.191 e. The molecule has 2 aromatic rings. The maximum Gasteiger partial charge on any atom is 0.191 e. The molecule has 1 unspecified atom stereocenters. The van der Waals surface area contributed by atoms with Gasteiger partial charge in [-0.15, -0.1) is 35.3 Å². The molecule has 0 aromatic carbocycles. The van der Waals surface area contributed by atoms with Gasteiger partial charge in [-0.1, -0.05) is 0 Å². The van der Waals surface area contributed by atoms with E-state index < -0.39 is 0 Å². The summed E-state index contributed by atoms with van der Waals surface area (Å²) in [5, 5.41) is 12.2. The van der Waals surface area contributed by atoms with Crippen molar-refractivity contribution in [1.82, 2.24) is 30.4 Å². The third-order valence-corrected chi connectivity index (χ3v) is 4.86. The zero-order chi connectivity index (χ0) is 15.5. The summed E-state index contributed by atoms with van der Waals surface area (Å²) < 4.78 is 1.96. The van der Waals surface area contributed by atoms with Crippen LogP contribution in [-0.4, -0.2) is 38.8 Å². The van der Waals surface area contributed by atoms with Gasteiger partial charge in [0, 0.05) is 24.4 Å². The van der Waals surface area contributed by atoms with Crippen molar-refractivity contribution in [2.24, 2.45) is 4.99 Å². The van der Waals surface area contributed by atoms with Crippen LogP contribution in [0.5, 0.6) is 0 Å². The van der Waals surface area contributed by atoms with Gasteiger partial charge in [0.15, 0.2) is 5.96 Å². The van der Waals surface area contributed by atoms with E-state index in [1.165, 1.54) is 4.88 Å². The Labute approximate surface area is 157 Å². The van der Waals surface area contributed by atoms with Crippen LogP contribution in [0, 0.1) is 13.8 Å². The highest BCUT2D eigenvalue weighted by atomic mass is 127. The molecule has 3 heterocycles. The van der Waals surface area contributed by atoms with Crippen molar-refractivity contribution in [3.8, 4) is 0 Å². The molecule has 1 aliphatic rings. The summed E-state index contributed by atoms with van der Waals surface area (Å²) in [6, 6.07) is 0.324. The standard InChI is InChI=1S/C14H21N7S.HI/c1-9-12(22-10(2)19-9)6-16-14(15-3)20-11-4-5-13-17-8-18-21(13)7-11;/h8,11H,4-7H2,1-3H3,(H2,15,16,20);1H. The largest absolute Gasteiger partial charge is 0.352 e. The van der Waals surface area contributed by atoms with Crippen LogP contribution in [0.3, 0.4) is 0 Å². The highest BCUT2D eigenvalue weighted by Gasteiger charge is 2.20. The summed E-state index contributed by atoms with van der Waals surface area (Å²) in [6.45, 7) is 5.66. The molecule has 0 saturated heterocycles. The maximum atomic E-state index is 4.45. The first-order valence-electron chi connectivity index (χ1n) is 7.42. The summed E-state index contributed by atoms with van der Waals surface area (Å²) in [6.07, 6.45) is 3.61. The van der Waals surface area contributed by atoms with E-state index in [1.807, 2.05) is 18.5 Å².